The minimum atomic E-state index is 0.493. The van der Waals surface area contributed by atoms with Gasteiger partial charge in [-0.2, -0.15) is 0 Å². The number of methoxy groups -OCH3 is 1. The molecule has 3 nitrogen and oxygen atoms in total. The predicted octanol–water partition coefficient (Wildman–Crippen LogP) is 2.83. The highest BCUT2D eigenvalue weighted by atomic mass is 16.5. The van der Waals surface area contributed by atoms with Gasteiger partial charge in [0.05, 0.1) is 7.11 Å². The molecule has 1 aromatic carbocycles. The third-order valence-corrected chi connectivity index (χ3v) is 3.10. The third-order valence-electron chi connectivity index (χ3n) is 3.10. The van der Waals surface area contributed by atoms with Crippen molar-refractivity contribution in [2.45, 2.75) is 20.4 Å². The summed E-state index contributed by atoms with van der Waals surface area (Å²) >= 11 is 0. The Balaban J connectivity index is 2.58. The molecular weight excluding hydrogens is 224 g/mol. The highest BCUT2D eigenvalue weighted by molar-refractivity contribution is 5.70. The average molecular weight is 242 g/mol. The summed E-state index contributed by atoms with van der Waals surface area (Å²) in [5.74, 6) is 0.946. The fourth-order valence-electron chi connectivity index (χ4n) is 2.30. The Morgan fingerprint density at radius 1 is 1.22 bits per heavy atom. The largest absolute Gasteiger partial charge is 0.496 e. The topological polar surface area (TPSA) is 48.1 Å². The molecule has 0 aliphatic rings. The first kappa shape index (κ1) is 12.6. The second-order valence-corrected chi connectivity index (χ2v) is 4.38. The van der Waals surface area contributed by atoms with Gasteiger partial charge in [-0.25, -0.2) is 0 Å². The maximum absolute atomic E-state index is 5.76. The molecule has 3 heteroatoms. The van der Waals surface area contributed by atoms with Crippen LogP contribution in [-0.2, 0) is 6.54 Å². The molecule has 0 aliphatic carbocycles. The van der Waals surface area contributed by atoms with Gasteiger partial charge in [-0.15, -0.1) is 0 Å². The van der Waals surface area contributed by atoms with Crippen LogP contribution in [0.4, 0.5) is 0 Å². The number of nitrogens with zero attached hydrogens (tertiary/aromatic N) is 1. The van der Waals surface area contributed by atoms with E-state index >= 15 is 0 Å². The minimum absolute atomic E-state index is 0.493. The summed E-state index contributed by atoms with van der Waals surface area (Å²) in [4.78, 5) is 4.12. The van der Waals surface area contributed by atoms with Gasteiger partial charge in [0.1, 0.15) is 5.75 Å². The van der Waals surface area contributed by atoms with E-state index < -0.39 is 0 Å². The number of hydrogen-bond acceptors (Lipinski definition) is 3. The molecule has 0 atom stereocenters. The molecule has 0 saturated heterocycles. The molecular formula is C15H18N2O. The lowest BCUT2D eigenvalue weighted by molar-refractivity contribution is 0.408. The molecule has 0 unspecified atom stereocenters. The fourth-order valence-corrected chi connectivity index (χ4v) is 2.30. The quantitative estimate of drug-likeness (QED) is 0.900. The zero-order valence-electron chi connectivity index (χ0n) is 11.0. The molecule has 18 heavy (non-hydrogen) atoms. The normalized spacial score (nSPS) is 10.4. The Kier molecular flexibility index (Phi) is 3.63. The zero-order valence-corrected chi connectivity index (χ0v) is 11.0. The first-order valence-corrected chi connectivity index (χ1v) is 5.96. The van der Waals surface area contributed by atoms with Crippen molar-refractivity contribution in [2.24, 2.45) is 5.73 Å². The summed E-state index contributed by atoms with van der Waals surface area (Å²) in [6, 6.07) is 6.25. The number of benzene rings is 1. The maximum Gasteiger partial charge on any atom is 0.124 e. The number of pyridine rings is 1. The standard InChI is InChI=1S/C15H18N2O/c1-10-6-12(7-11(2)15(10)18-3)14-4-5-17-9-13(14)8-16/h4-7,9H,8,16H2,1-3H3. The molecule has 0 bridgehead atoms. The Bertz CT molecular complexity index is 541. The van der Waals surface area contributed by atoms with Crippen LogP contribution >= 0.6 is 0 Å². The Hall–Kier alpha value is -1.87. The monoisotopic (exact) mass is 242 g/mol. The lowest BCUT2D eigenvalue weighted by Crippen LogP contribution is -2.00. The van der Waals surface area contributed by atoms with E-state index in [1.807, 2.05) is 12.3 Å². The first-order chi connectivity index (χ1) is 8.67. The van der Waals surface area contributed by atoms with Crippen LogP contribution in [0.15, 0.2) is 30.6 Å². The van der Waals surface area contributed by atoms with E-state index in [0.717, 1.165) is 33.6 Å². The SMILES string of the molecule is COc1c(C)cc(-c2ccncc2CN)cc1C. The maximum atomic E-state index is 5.76. The van der Waals surface area contributed by atoms with E-state index in [9.17, 15) is 0 Å². The van der Waals surface area contributed by atoms with Gasteiger partial charge >= 0.3 is 0 Å². The van der Waals surface area contributed by atoms with Crippen LogP contribution in [0, 0.1) is 13.8 Å². The molecule has 0 spiro atoms. The van der Waals surface area contributed by atoms with Crippen LogP contribution in [-0.4, -0.2) is 12.1 Å². The van der Waals surface area contributed by atoms with Gasteiger partial charge in [0.15, 0.2) is 0 Å². The van der Waals surface area contributed by atoms with E-state index in [-0.39, 0.29) is 0 Å². The minimum Gasteiger partial charge on any atom is -0.496 e. The van der Waals surface area contributed by atoms with Gasteiger partial charge in [0.2, 0.25) is 0 Å². The van der Waals surface area contributed by atoms with Gasteiger partial charge in [-0.05, 0) is 59.9 Å². The Morgan fingerprint density at radius 3 is 2.44 bits per heavy atom. The molecule has 0 radical (unpaired) electrons. The summed E-state index contributed by atoms with van der Waals surface area (Å²) in [6.45, 7) is 4.60. The van der Waals surface area contributed by atoms with E-state index in [1.54, 1.807) is 13.3 Å². The van der Waals surface area contributed by atoms with E-state index in [4.69, 9.17) is 10.5 Å². The number of hydrogen-bond donors (Lipinski definition) is 1. The summed E-state index contributed by atoms with van der Waals surface area (Å²) in [6.07, 6.45) is 3.62. The number of aromatic nitrogens is 1. The van der Waals surface area contributed by atoms with E-state index in [1.165, 1.54) is 0 Å². The molecule has 1 aromatic heterocycles. The summed E-state index contributed by atoms with van der Waals surface area (Å²) in [7, 11) is 1.70. The van der Waals surface area contributed by atoms with Crippen molar-refractivity contribution in [2.75, 3.05) is 7.11 Å². The second kappa shape index (κ2) is 5.19. The van der Waals surface area contributed by atoms with Crippen molar-refractivity contribution in [3.05, 3.63) is 47.3 Å². The van der Waals surface area contributed by atoms with Crippen LogP contribution in [0.1, 0.15) is 16.7 Å². The summed E-state index contributed by atoms with van der Waals surface area (Å²) < 4.78 is 5.39. The van der Waals surface area contributed by atoms with Gasteiger partial charge in [-0.3, -0.25) is 4.98 Å². The molecule has 0 saturated carbocycles. The van der Waals surface area contributed by atoms with E-state index in [0.29, 0.717) is 6.54 Å². The van der Waals surface area contributed by atoms with Crippen molar-refractivity contribution in [1.29, 1.82) is 0 Å². The molecule has 0 amide bonds. The van der Waals surface area contributed by atoms with Crippen molar-refractivity contribution < 1.29 is 4.74 Å². The Labute approximate surface area is 108 Å². The summed E-state index contributed by atoms with van der Waals surface area (Å²) in [5, 5.41) is 0. The molecule has 0 aliphatic heterocycles. The van der Waals surface area contributed by atoms with Gasteiger partial charge < -0.3 is 10.5 Å². The van der Waals surface area contributed by atoms with Crippen molar-refractivity contribution >= 4 is 0 Å². The number of nitrogens with two attached hydrogens (primary N) is 1. The second-order valence-electron chi connectivity index (χ2n) is 4.38. The fraction of sp³-hybridized carbons (Fsp3) is 0.267. The average Bonchev–Trinajstić information content (AvgIpc) is 2.38. The third kappa shape index (κ3) is 2.22. The molecule has 2 rings (SSSR count). The van der Waals surface area contributed by atoms with Crippen LogP contribution in [0.2, 0.25) is 0 Å². The van der Waals surface area contributed by atoms with Gasteiger partial charge in [0.25, 0.3) is 0 Å². The Morgan fingerprint density at radius 2 is 1.89 bits per heavy atom. The van der Waals surface area contributed by atoms with Crippen LogP contribution in [0.25, 0.3) is 11.1 Å². The van der Waals surface area contributed by atoms with Crippen LogP contribution in [0.3, 0.4) is 0 Å². The van der Waals surface area contributed by atoms with Crippen molar-refractivity contribution in [3.63, 3.8) is 0 Å². The van der Waals surface area contributed by atoms with Crippen molar-refractivity contribution in [1.82, 2.24) is 4.98 Å². The number of aryl methyl sites for hydroxylation is 2. The van der Waals surface area contributed by atoms with Gasteiger partial charge in [0, 0.05) is 18.9 Å². The highest BCUT2D eigenvalue weighted by Gasteiger charge is 2.09. The molecule has 0 fully saturated rings. The molecule has 2 N–H and O–H groups in total. The smallest absolute Gasteiger partial charge is 0.124 e. The van der Waals surface area contributed by atoms with Crippen LogP contribution in [0.5, 0.6) is 5.75 Å². The number of ether oxygens (including phenoxy) is 1. The van der Waals surface area contributed by atoms with Gasteiger partial charge in [-0.1, -0.05) is 0 Å². The molecule has 1 heterocycles. The summed E-state index contributed by atoms with van der Waals surface area (Å²) in [5.41, 5.74) is 11.4. The van der Waals surface area contributed by atoms with E-state index in [2.05, 4.69) is 31.0 Å². The first-order valence-electron chi connectivity index (χ1n) is 5.96. The predicted molar refractivity (Wildman–Crippen MR) is 73.6 cm³/mol. The molecule has 2 aromatic rings. The lowest BCUT2D eigenvalue weighted by Gasteiger charge is -2.13. The number of rotatable bonds is 3. The zero-order chi connectivity index (χ0) is 13.1. The molecule has 94 valence electrons. The van der Waals surface area contributed by atoms with Crippen molar-refractivity contribution in [3.8, 4) is 16.9 Å². The lowest BCUT2D eigenvalue weighted by atomic mass is 9.97. The van der Waals surface area contributed by atoms with Crippen LogP contribution < -0.4 is 10.5 Å². The highest BCUT2D eigenvalue weighted by Crippen LogP contribution is 2.31.